The minimum Gasteiger partial charge on any atom is -0.488 e. The van der Waals surface area contributed by atoms with Crippen LogP contribution in [0.2, 0.25) is 0 Å². The van der Waals surface area contributed by atoms with Crippen molar-refractivity contribution >= 4 is 39.3 Å². The summed E-state index contributed by atoms with van der Waals surface area (Å²) < 4.78 is 27.8. The first-order chi connectivity index (χ1) is 19.3. The summed E-state index contributed by atoms with van der Waals surface area (Å²) in [7, 11) is 0. The van der Waals surface area contributed by atoms with E-state index in [4.69, 9.17) is 9.47 Å². The third-order valence-corrected chi connectivity index (χ3v) is 8.11. The van der Waals surface area contributed by atoms with Crippen LogP contribution in [0.3, 0.4) is 0 Å². The molecule has 3 aromatic carbocycles. The fourth-order valence-electron chi connectivity index (χ4n) is 4.50. The Morgan fingerprint density at radius 2 is 1.88 bits per heavy atom. The predicted molar refractivity (Wildman–Crippen MR) is 156 cm³/mol. The zero-order valence-corrected chi connectivity index (χ0v) is 24.5. The second-order valence-electron chi connectivity index (χ2n) is 9.28. The van der Waals surface area contributed by atoms with Gasteiger partial charge in [0.25, 0.3) is 5.56 Å². The summed E-state index contributed by atoms with van der Waals surface area (Å²) in [5.74, 6) is -0.259. The van der Waals surface area contributed by atoms with E-state index < -0.39 is 12.0 Å². The molecule has 0 radical (unpaired) electrons. The zero-order chi connectivity index (χ0) is 28.4. The minimum absolute atomic E-state index is 0.0877. The number of thiazole rings is 1. The van der Waals surface area contributed by atoms with E-state index >= 15 is 0 Å². The lowest BCUT2D eigenvalue weighted by Crippen LogP contribution is -2.39. The van der Waals surface area contributed by atoms with Crippen molar-refractivity contribution in [2.75, 3.05) is 6.61 Å². The standard InChI is InChI=1S/C31H26BrFN2O4S/c1-4-38-30(37)27-19(3)34-31-35(28(27)21-12-9-18(2)10-13-21)29(36)26(40-31)16-20-11-14-25(23(32)15-20)39-17-22-7-5-6-8-24(22)33/h5-16,28H,4,17H2,1-3H3/b26-16+/t28-/m1/s1. The van der Waals surface area contributed by atoms with Crippen LogP contribution in [0.4, 0.5) is 4.39 Å². The highest BCUT2D eigenvalue weighted by molar-refractivity contribution is 9.10. The number of hydrogen-bond acceptors (Lipinski definition) is 6. The number of aromatic nitrogens is 1. The van der Waals surface area contributed by atoms with Crippen molar-refractivity contribution in [2.45, 2.75) is 33.4 Å². The minimum atomic E-state index is -0.654. The molecular weight excluding hydrogens is 595 g/mol. The molecule has 0 saturated carbocycles. The third kappa shape index (κ3) is 5.57. The topological polar surface area (TPSA) is 69.9 Å². The van der Waals surface area contributed by atoms with Gasteiger partial charge in [0.2, 0.25) is 0 Å². The molecule has 4 aromatic rings. The summed E-state index contributed by atoms with van der Waals surface area (Å²) in [6.07, 6.45) is 1.78. The quantitative estimate of drug-likeness (QED) is 0.253. The molecular formula is C31H26BrFN2O4S. The molecule has 5 rings (SSSR count). The maximum Gasteiger partial charge on any atom is 0.338 e. The van der Waals surface area contributed by atoms with Crippen LogP contribution >= 0.6 is 27.3 Å². The monoisotopic (exact) mass is 620 g/mol. The third-order valence-electron chi connectivity index (χ3n) is 6.50. The number of hydrogen-bond donors (Lipinski definition) is 0. The van der Waals surface area contributed by atoms with Crippen molar-refractivity contribution < 1.29 is 18.7 Å². The van der Waals surface area contributed by atoms with E-state index in [0.717, 1.165) is 16.7 Å². The summed E-state index contributed by atoms with van der Waals surface area (Å²) in [6, 6.07) is 19.0. The lowest BCUT2D eigenvalue weighted by molar-refractivity contribution is -0.139. The molecule has 0 saturated heterocycles. The van der Waals surface area contributed by atoms with Gasteiger partial charge >= 0.3 is 5.97 Å². The highest BCUT2D eigenvalue weighted by Crippen LogP contribution is 2.31. The van der Waals surface area contributed by atoms with Crippen molar-refractivity contribution in [1.29, 1.82) is 0 Å². The Morgan fingerprint density at radius 1 is 1.12 bits per heavy atom. The highest BCUT2D eigenvalue weighted by atomic mass is 79.9. The van der Waals surface area contributed by atoms with E-state index in [1.165, 1.54) is 17.4 Å². The molecule has 1 aliphatic rings. The summed E-state index contributed by atoms with van der Waals surface area (Å²) in [5, 5.41) is 0. The number of aryl methyl sites for hydroxylation is 1. The second-order valence-corrected chi connectivity index (χ2v) is 11.1. The summed E-state index contributed by atoms with van der Waals surface area (Å²) in [5.41, 5.74) is 3.72. The fourth-order valence-corrected chi connectivity index (χ4v) is 6.06. The largest absolute Gasteiger partial charge is 0.488 e. The van der Waals surface area contributed by atoms with Crippen LogP contribution in [-0.4, -0.2) is 17.1 Å². The number of rotatable bonds is 7. The molecule has 6 nitrogen and oxygen atoms in total. The predicted octanol–water partition coefficient (Wildman–Crippen LogP) is 5.59. The number of ether oxygens (including phenoxy) is 2. The molecule has 0 unspecified atom stereocenters. The summed E-state index contributed by atoms with van der Waals surface area (Å²) >= 11 is 4.79. The van der Waals surface area contributed by atoms with Crippen LogP contribution in [0.15, 0.2) is 92.3 Å². The molecule has 0 amide bonds. The molecule has 2 heterocycles. The number of nitrogens with zero attached hydrogens (tertiary/aromatic N) is 2. The van der Waals surface area contributed by atoms with Crippen molar-refractivity contribution in [3.8, 4) is 5.75 Å². The molecule has 1 atom stereocenters. The van der Waals surface area contributed by atoms with Crippen LogP contribution in [0.1, 0.15) is 42.1 Å². The van der Waals surface area contributed by atoms with Gasteiger partial charge in [-0.25, -0.2) is 14.2 Å². The molecule has 1 aromatic heterocycles. The molecule has 40 heavy (non-hydrogen) atoms. The van der Waals surface area contributed by atoms with E-state index in [-0.39, 0.29) is 24.6 Å². The molecule has 0 bridgehead atoms. The van der Waals surface area contributed by atoms with Crippen molar-refractivity contribution in [1.82, 2.24) is 4.57 Å². The summed E-state index contributed by atoms with van der Waals surface area (Å²) in [6.45, 7) is 5.80. The van der Waals surface area contributed by atoms with Crippen LogP contribution in [-0.2, 0) is 16.1 Å². The zero-order valence-electron chi connectivity index (χ0n) is 22.1. The van der Waals surface area contributed by atoms with Gasteiger partial charge < -0.3 is 9.47 Å². The molecule has 9 heteroatoms. The van der Waals surface area contributed by atoms with E-state index in [0.29, 0.717) is 36.4 Å². The van der Waals surface area contributed by atoms with Gasteiger partial charge in [0, 0.05) is 5.56 Å². The first-order valence-electron chi connectivity index (χ1n) is 12.7. The Morgan fingerprint density at radius 3 is 2.58 bits per heavy atom. The number of fused-ring (bicyclic) bond motifs is 1. The van der Waals surface area contributed by atoms with E-state index in [9.17, 15) is 14.0 Å². The van der Waals surface area contributed by atoms with Gasteiger partial charge in [0.15, 0.2) is 4.80 Å². The van der Waals surface area contributed by atoms with Crippen molar-refractivity contribution in [3.05, 3.63) is 130 Å². The average Bonchev–Trinajstić information content (AvgIpc) is 3.23. The molecule has 204 valence electrons. The van der Waals surface area contributed by atoms with Gasteiger partial charge in [-0.05, 0) is 72.1 Å². The SMILES string of the molecule is CCOC(=O)C1=C(C)N=c2s/c(=C/c3ccc(OCc4ccccc4F)c(Br)c3)c(=O)n2[C@@H]1c1ccc(C)cc1. The number of carbonyl (C=O) groups is 1. The Hall–Kier alpha value is -3.82. The first kappa shape index (κ1) is 27.7. The Bertz CT molecular complexity index is 1810. The normalized spacial score (nSPS) is 15.0. The van der Waals surface area contributed by atoms with Crippen molar-refractivity contribution in [2.24, 2.45) is 4.99 Å². The van der Waals surface area contributed by atoms with E-state index in [2.05, 4.69) is 20.9 Å². The van der Waals surface area contributed by atoms with Gasteiger partial charge in [-0.3, -0.25) is 9.36 Å². The Kier molecular flexibility index (Phi) is 8.14. The molecule has 0 aliphatic carbocycles. The van der Waals surface area contributed by atoms with E-state index in [1.54, 1.807) is 48.8 Å². The van der Waals surface area contributed by atoms with Gasteiger partial charge in [0.1, 0.15) is 18.2 Å². The summed E-state index contributed by atoms with van der Waals surface area (Å²) in [4.78, 5) is 31.9. The van der Waals surface area contributed by atoms with Crippen LogP contribution in [0.25, 0.3) is 6.08 Å². The highest BCUT2D eigenvalue weighted by Gasteiger charge is 2.33. The molecule has 0 fully saturated rings. The average molecular weight is 622 g/mol. The molecule has 0 spiro atoms. The number of carbonyl (C=O) groups excluding carboxylic acids is 1. The number of allylic oxidation sites excluding steroid dienone is 1. The van der Waals surface area contributed by atoms with Crippen LogP contribution < -0.4 is 19.6 Å². The number of halogens is 2. The van der Waals surface area contributed by atoms with Gasteiger partial charge in [0.05, 0.1) is 32.9 Å². The molecule has 0 N–H and O–H groups in total. The number of esters is 1. The number of benzene rings is 3. The van der Waals surface area contributed by atoms with Gasteiger partial charge in [-0.2, -0.15) is 0 Å². The maximum atomic E-state index is 14.0. The van der Waals surface area contributed by atoms with E-state index in [1.807, 2.05) is 43.3 Å². The molecule has 1 aliphatic heterocycles. The maximum absolute atomic E-state index is 14.0. The first-order valence-corrected chi connectivity index (χ1v) is 14.3. The Balaban J connectivity index is 1.53. The van der Waals surface area contributed by atoms with Gasteiger partial charge in [-0.15, -0.1) is 0 Å². The second kappa shape index (κ2) is 11.7. The van der Waals surface area contributed by atoms with Gasteiger partial charge in [-0.1, -0.05) is 65.4 Å². The Labute approximate surface area is 242 Å². The smallest absolute Gasteiger partial charge is 0.338 e. The lowest BCUT2D eigenvalue weighted by atomic mass is 9.95. The van der Waals surface area contributed by atoms with Crippen molar-refractivity contribution in [3.63, 3.8) is 0 Å². The van der Waals surface area contributed by atoms with Crippen LogP contribution in [0, 0.1) is 12.7 Å². The van der Waals surface area contributed by atoms with Crippen LogP contribution in [0.5, 0.6) is 5.75 Å². The lowest BCUT2D eigenvalue weighted by Gasteiger charge is -2.24. The fraction of sp³-hybridized carbons (Fsp3) is 0.194.